The predicted molar refractivity (Wildman–Crippen MR) is 97.1 cm³/mol. The molecule has 0 bridgehead atoms. The number of nitro benzene ring substituents is 1. The number of aromatic nitrogens is 1. The molecule has 6 nitrogen and oxygen atoms in total. The molecular weight excluding hydrogens is 370 g/mol. The number of hydrogen-bond acceptors (Lipinski definition) is 6. The van der Waals surface area contributed by atoms with Gasteiger partial charge in [0.15, 0.2) is 4.34 Å². The quantitative estimate of drug-likeness (QED) is 0.398. The molecule has 0 saturated carbocycles. The second-order valence-corrected chi connectivity index (χ2v) is 7.42. The van der Waals surface area contributed by atoms with Crippen LogP contribution in [-0.2, 0) is 4.79 Å². The maximum atomic E-state index is 12.0. The number of anilines is 1. The van der Waals surface area contributed by atoms with E-state index in [9.17, 15) is 14.9 Å². The normalized spacial score (nSPS) is 10.7. The van der Waals surface area contributed by atoms with Crippen LogP contribution in [-0.4, -0.2) is 21.6 Å². The summed E-state index contributed by atoms with van der Waals surface area (Å²) in [5, 5.41) is 13.9. The fraction of sp³-hybridized carbons (Fsp3) is 0.0667. The van der Waals surface area contributed by atoms with Gasteiger partial charge in [0.25, 0.3) is 5.69 Å². The van der Waals surface area contributed by atoms with Crippen LogP contribution in [0.2, 0.25) is 5.02 Å². The van der Waals surface area contributed by atoms with E-state index in [4.69, 9.17) is 11.6 Å². The van der Waals surface area contributed by atoms with E-state index in [1.165, 1.54) is 47.4 Å². The van der Waals surface area contributed by atoms with Crippen LogP contribution in [0.3, 0.4) is 0 Å². The van der Waals surface area contributed by atoms with Crippen molar-refractivity contribution in [2.24, 2.45) is 0 Å². The molecule has 1 amide bonds. The Morgan fingerprint density at radius 2 is 2.04 bits per heavy atom. The Morgan fingerprint density at radius 1 is 1.29 bits per heavy atom. The molecule has 24 heavy (non-hydrogen) atoms. The number of carbonyl (C=O) groups is 1. The summed E-state index contributed by atoms with van der Waals surface area (Å²) in [6, 6.07) is 11.2. The number of non-ortho nitro benzene ring substituents is 1. The van der Waals surface area contributed by atoms with Gasteiger partial charge in [-0.05, 0) is 30.3 Å². The molecule has 1 N–H and O–H groups in total. The van der Waals surface area contributed by atoms with Crippen molar-refractivity contribution in [2.45, 2.75) is 4.34 Å². The van der Waals surface area contributed by atoms with Crippen molar-refractivity contribution in [2.75, 3.05) is 11.1 Å². The average Bonchev–Trinajstić information content (AvgIpc) is 2.95. The Kier molecular flexibility index (Phi) is 4.98. The molecule has 1 heterocycles. The van der Waals surface area contributed by atoms with Crippen LogP contribution in [0.4, 0.5) is 11.4 Å². The maximum absolute atomic E-state index is 12.0. The molecule has 9 heteroatoms. The van der Waals surface area contributed by atoms with Gasteiger partial charge in [-0.2, -0.15) is 0 Å². The Morgan fingerprint density at radius 3 is 2.75 bits per heavy atom. The number of carbonyl (C=O) groups excluding carboxylic acids is 1. The predicted octanol–water partition coefficient (Wildman–Crippen LogP) is 4.59. The van der Waals surface area contributed by atoms with Gasteiger partial charge in [-0.3, -0.25) is 14.9 Å². The molecule has 1 aromatic heterocycles. The molecule has 0 unspecified atom stereocenters. The molecular formula is C15H10ClN3O3S2. The van der Waals surface area contributed by atoms with E-state index in [0.717, 1.165) is 14.6 Å². The first kappa shape index (κ1) is 16.7. The number of hydrogen-bond donors (Lipinski definition) is 1. The fourth-order valence-corrected chi connectivity index (χ4v) is 3.95. The molecule has 0 saturated heterocycles. The molecule has 0 fully saturated rings. The highest BCUT2D eigenvalue weighted by Crippen LogP contribution is 2.31. The number of halogens is 1. The largest absolute Gasteiger partial charge is 0.325 e. The highest BCUT2D eigenvalue weighted by Gasteiger charge is 2.10. The van der Waals surface area contributed by atoms with Crippen molar-refractivity contribution in [3.8, 4) is 0 Å². The van der Waals surface area contributed by atoms with Crippen LogP contribution >= 0.6 is 34.7 Å². The zero-order valence-electron chi connectivity index (χ0n) is 12.1. The van der Waals surface area contributed by atoms with Gasteiger partial charge >= 0.3 is 0 Å². The average molecular weight is 380 g/mol. The van der Waals surface area contributed by atoms with Gasteiger partial charge in [-0.25, -0.2) is 4.98 Å². The van der Waals surface area contributed by atoms with Crippen LogP contribution < -0.4 is 5.32 Å². The molecule has 0 radical (unpaired) electrons. The summed E-state index contributed by atoms with van der Waals surface area (Å²) in [6.07, 6.45) is 0. The number of thiazole rings is 1. The van der Waals surface area contributed by atoms with E-state index in [1.807, 2.05) is 6.07 Å². The third-order valence-corrected chi connectivity index (χ3v) is 5.43. The Labute approximate surface area is 150 Å². The zero-order valence-corrected chi connectivity index (χ0v) is 14.5. The van der Waals surface area contributed by atoms with Gasteiger partial charge in [-0.1, -0.05) is 23.4 Å². The number of thioether (sulfide) groups is 1. The van der Waals surface area contributed by atoms with Crippen molar-refractivity contribution in [1.82, 2.24) is 4.98 Å². The van der Waals surface area contributed by atoms with Gasteiger partial charge in [0.05, 0.1) is 20.9 Å². The first-order valence-corrected chi connectivity index (χ1v) is 8.92. The van der Waals surface area contributed by atoms with Gasteiger partial charge in [0, 0.05) is 22.8 Å². The first-order chi connectivity index (χ1) is 11.5. The van der Waals surface area contributed by atoms with E-state index in [0.29, 0.717) is 10.7 Å². The summed E-state index contributed by atoms with van der Waals surface area (Å²) >= 11 is 8.76. The number of amides is 1. The Bertz CT molecular complexity index is 912. The lowest BCUT2D eigenvalue weighted by molar-refractivity contribution is -0.384. The van der Waals surface area contributed by atoms with Crippen LogP contribution in [0.5, 0.6) is 0 Å². The standard InChI is InChI=1S/C15H10ClN3O3S2/c16-9-1-6-13-12(7-9)18-15(24-13)23-8-14(20)17-10-2-4-11(5-3-10)19(21)22/h1-7H,8H2,(H,17,20). The third kappa shape index (κ3) is 4.02. The highest BCUT2D eigenvalue weighted by atomic mass is 35.5. The maximum Gasteiger partial charge on any atom is 0.269 e. The van der Waals surface area contributed by atoms with Gasteiger partial charge in [0.1, 0.15) is 0 Å². The van der Waals surface area contributed by atoms with Gasteiger partial charge < -0.3 is 5.32 Å². The molecule has 0 spiro atoms. The lowest BCUT2D eigenvalue weighted by atomic mass is 10.3. The minimum absolute atomic E-state index is 0.0180. The van der Waals surface area contributed by atoms with E-state index in [1.54, 1.807) is 12.1 Å². The van der Waals surface area contributed by atoms with E-state index < -0.39 is 4.92 Å². The summed E-state index contributed by atoms with van der Waals surface area (Å²) in [4.78, 5) is 26.5. The summed E-state index contributed by atoms with van der Waals surface area (Å²) in [6.45, 7) is 0. The summed E-state index contributed by atoms with van der Waals surface area (Å²) in [7, 11) is 0. The van der Waals surface area contributed by atoms with E-state index >= 15 is 0 Å². The van der Waals surface area contributed by atoms with Crippen molar-refractivity contribution >= 4 is 62.2 Å². The summed E-state index contributed by atoms with van der Waals surface area (Å²) in [5.41, 5.74) is 1.31. The van der Waals surface area contributed by atoms with Crippen LogP contribution in [0.1, 0.15) is 0 Å². The lowest BCUT2D eigenvalue weighted by Crippen LogP contribution is -2.13. The zero-order chi connectivity index (χ0) is 17.1. The van der Waals surface area contributed by atoms with Crippen LogP contribution in [0, 0.1) is 10.1 Å². The van der Waals surface area contributed by atoms with Crippen LogP contribution in [0.25, 0.3) is 10.2 Å². The lowest BCUT2D eigenvalue weighted by Gasteiger charge is -2.03. The van der Waals surface area contributed by atoms with Gasteiger partial charge in [0.2, 0.25) is 5.91 Å². The third-order valence-electron chi connectivity index (χ3n) is 3.02. The van der Waals surface area contributed by atoms with Crippen molar-refractivity contribution in [3.05, 3.63) is 57.6 Å². The summed E-state index contributed by atoms with van der Waals surface area (Å²) in [5.74, 6) is -0.00370. The number of nitro groups is 1. The van der Waals surface area contributed by atoms with E-state index in [-0.39, 0.29) is 17.3 Å². The minimum atomic E-state index is -0.485. The van der Waals surface area contributed by atoms with E-state index in [2.05, 4.69) is 10.3 Å². The minimum Gasteiger partial charge on any atom is -0.325 e. The molecule has 122 valence electrons. The topological polar surface area (TPSA) is 85.1 Å². The number of nitrogens with zero attached hydrogens (tertiary/aromatic N) is 2. The van der Waals surface area contributed by atoms with Crippen molar-refractivity contribution < 1.29 is 9.72 Å². The summed E-state index contributed by atoms with van der Waals surface area (Å²) < 4.78 is 1.80. The number of nitrogens with one attached hydrogen (secondary N) is 1. The molecule has 2 aromatic carbocycles. The number of fused-ring (bicyclic) bond motifs is 1. The van der Waals surface area contributed by atoms with Crippen molar-refractivity contribution in [1.29, 1.82) is 0 Å². The monoisotopic (exact) mass is 379 g/mol. The Hall–Kier alpha value is -2.16. The SMILES string of the molecule is O=C(CSc1nc2cc(Cl)ccc2s1)Nc1ccc([N+](=O)[O-])cc1. The smallest absolute Gasteiger partial charge is 0.269 e. The van der Waals surface area contributed by atoms with Gasteiger partial charge in [-0.15, -0.1) is 11.3 Å². The molecule has 0 aliphatic carbocycles. The molecule has 0 aliphatic heterocycles. The fourth-order valence-electron chi connectivity index (χ4n) is 1.93. The second-order valence-electron chi connectivity index (χ2n) is 4.73. The number of rotatable bonds is 5. The first-order valence-electron chi connectivity index (χ1n) is 6.74. The highest BCUT2D eigenvalue weighted by molar-refractivity contribution is 8.01. The molecule has 0 aliphatic rings. The molecule has 3 aromatic rings. The number of benzene rings is 2. The molecule has 3 rings (SSSR count). The Balaban J connectivity index is 1.59. The van der Waals surface area contributed by atoms with Crippen molar-refractivity contribution in [3.63, 3.8) is 0 Å². The second kappa shape index (κ2) is 7.16. The van der Waals surface area contributed by atoms with Crippen LogP contribution in [0.15, 0.2) is 46.8 Å². The molecule has 0 atom stereocenters.